The molecule has 1 fully saturated rings. The first kappa shape index (κ1) is 14.0. The normalized spacial score (nSPS) is 19.9. The fourth-order valence-corrected chi connectivity index (χ4v) is 3.99. The Balaban J connectivity index is 2.13. The summed E-state index contributed by atoms with van der Waals surface area (Å²) in [5, 5.41) is 6.55. The number of H-pyrrole nitrogens is 1. The molecule has 1 aromatic heterocycles. The summed E-state index contributed by atoms with van der Waals surface area (Å²) in [7, 11) is -3.59. The predicted molar refractivity (Wildman–Crippen MR) is 69.0 cm³/mol. The number of hydrogen-bond donors (Lipinski definition) is 2. The second kappa shape index (κ2) is 4.93. The van der Waals surface area contributed by atoms with Gasteiger partial charge in [0.1, 0.15) is 4.90 Å². The molecule has 106 valence electrons. The number of carbonyl (C=O) groups excluding carboxylic acids is 1. The second-order valence-corrected chi connectivity index (χ2v) is 6.49. The third kappa shape index (κ3) is 2.79. The second-order valence-electron chi connectivity index (χ2n) is 4.84. The zero-order valence-corrected chi connectivity index (χ0v) is 12.0. The van der Waals surface area contributed by atoms with Crippen molar-refractivity contribution in [2.24, 2.45) is 0 Å². The molecule has 19 heavy (non-hydrogen) atoms. The van der Waals surface area contributed by atoms with Crippen molar-refractivity contribution in [2.75, 3.05) is 13.1 Å². The molecule has 0 aliphatic carbocycles. The number of sulfonamides is 1. The number of hydrogen-bond acceptors (Lipinski definition) is 4. The van der Waals surface area contributed by atoms with Crippen LogP contribution in [0.2, 0.25) is 0 Å². The molecule has 1 amide bonds. The predicted octanol–water partition coefficient (Wildman–Crippen LogP) is -0.0744. The van der Waals surface area contributed by atoms with E-state index in [1.165, 1.54) is 6.92 Å². The summed E-state index contributed by atoms with van der Waals surface area (Å²) in [5.41, 5.74) is 0.970. The lowest BCUT2D eigenvalue weighted by Crippen LogP contribution is -2.38. The number of aromatic nitrogens is 2. The molecular weight excluding hydrogens is 268 g/mol. The zero-order chi connectivity index (χ0) is 14.2. The van der Waals surface area contributed by atoms with Crippen LogP contribution in [0.5, 0.6) is 0 Å². The summed E-state index contributed by atoms with van der Waals surface area (Å²) in [6, 6.07) is -0.234. The standard InChI is InChI=1S/C11H18N4O3S/c1-7-11(8(2)13-12-7)19(17,18)14-10-4-5-15(6-10)9(3)16/h10,14H,4-6H2,1-3H3,(H,12,13). The maximum Gasteiger partial charge on any atom is 0.244 e. The average molecular weight is 286 g/mol. The minimum Gasteiger partial charge on any atom is -0.341 e. The Morgan fingerprint density at radius 1 is 1.47 bits per heavy atom. The van der Waals surface area contributed by atoms with Gasteiger partial charge in [0.05, 0.1) is 11.4 Å². The highest BCUT2D eigenvalue weighted by molar-refractivity contribution is 7.89. The lowest BCUT2D eigenvalue weighted by Gasteiger charge is -2.15. The summed E-state index contributed by atoms with van der Waals surface area (Å²) in [6.07, 6.45) is 0.634. The van der Waals surface area contributed by atoms with E-state index >= 15 is 0 Å². The van der Waals surface area contributed by atoms with Gasteiger partial charge in [0, 0.05) is 26.1 Å². The lowest BCUT2D eigenvalue weighted by atomic mass is 10.3. The van der Waals surface area contributed by atoms with Crippen LogP contribution < -0.4 is 4.72 Å². The third-order valence-corrected chi connectivity index (χ3v) is 5.07. The van der Waals surface area contributed by atoms with Crippen LogP contribution in [0.4, 0.5) is 0 Å². The number of carbonyl (C=O) groups is 1. The first-order chi connectivity index (χ1) is 8.81. The van der Waals surface area contributed by atoms with Crippen molar-refractivity contribution in [2.45, 2.75) is 38.1 Å². The number of nitrogens with zero attached hydrogens (tertiary/aromatic N) is 2. The molecule has 1 atom stereocenters. The molecule has 1 aliphatic rings. The summed E-state index contributed by atoms with van der Waals surface area (Å²) < 4.78 is 27.2. The van der Waals surface area contributed by atoms with Gasteiger partial charge in [0.15, 0.2) is 0 Å². The van der Waals surface area contributed by atoms with Crippen LogP contribution in [0, 0.1) is 13.8 Å². The van der Waals surface area contributed by atoms with Crippen molar-refractivity contribution in [3.05, 3.63) is 11.4 Å². The van der Waals surface area contributed by atoms with Crippen molar-refractivity contribution in [1.82, 2.24) is 19.8 Å². The molecule has 0 radical (unpaired) electrons. The summed E-state index contributed by atoms with van der Waals surface area (Å²) in [4.78, 5) is 13.1. The summed E-state index contributed by atoms with van der Waals surface area (Å²) in [5.74, 6) is -0.0302. The first-order valence-corrected chi connectivity index (χ1v) is 7.59. The van der Waals surface area contributed by atoms with Crippen molar-refractivity contribution in [3.63, 3.8) is 0 Å². The molecule has 2 N–H and O–H groups in total. The molecule has 0 bridgehead atoms. The maximum absolute atomic E-state index is 12.3. The molecular formula is C11H18N4O3S. The van der Waals surface area contributed by atoms with E-state index in [1.807, 2.05) is 0 Å². The number of aryl methyl sites for hydroxylation is 2. The summed E-state index contributed by atoms with van der Waals surface area (Å²) >= 11 is 0. The zero-order valence-electron chi connectivity index (χ0n) is 11.2. The van der Waals surface area contributed by atoms with E-state index in [-0.39, 0.29) is 16.8 Å². The van der Waals surface area contributed by atoms with E-state index in [9.17, 15) is 13.2 Å². The van der Waals surface area contributed by atoms with Crippen LogP contribution in [-0.2, 0) is 14.8 Å². The Morgan fingerprint density at radius 3 is 2.63 bits per heavy atom. The van der Waals surface area contributed by atoms with E-state index < -0.39 is 10.0 Å². The molecule has 0 aromatic carbocycles. The van der Waals surface area contributed by atoms with Crippen molar-refractivity contribution in [1.29, 1.82) is 0 Å². The number of aromatic amines is 1. The van der Waals surface area contributed by atoms with Gasteiger partial charge in [-0.3, -0.25) is 9.89 Å². The van der Waals surface area contributed by atoms with Gasteiger partial charge < -0.3 is 4.90 Å². The smallest absolute Gasteiger partial charge is 0.244 e. The van der Waals surface area contributed by atoms with Crippen LogP contribution in [0.3, 0.4) is 0 Å². The van der Waals surface area contributed by atoms with E-state index in [0.29, 0.717) is 30.9 Å². The van der Waals surface area contributed by atoms with Gasteiger partial charge in [-0.1, -0.05) is 0 Å². The maximum atomic E-state index is 12.3. The van der Waals surface area contributed by atoms with Gasteiger partial charge in [0.25, 0.3) is 0 Å². The molecule has 2 rings (SSSR count). The molecule has 1 aliphatic heterocycles. The van der Waals surface area contributed by atoms with E-state index in [2.05, 4.69) is 14.9 Å². The molecule has 0 saturated carbocycles. The number of rotatable bonds is 3. The highest BCUT2D eigenvalue weighted by atomic mass is 32.2. The Labute approximate surface area is 112 Å². The molecule has 1 saturated heterocycles. The third-order valence-electron chi connectivity index (χ3n) is 3.28. The van der Waals surface area contributed by atoms with Gasteiger partial charge in [0.2, 0.25) is 15.9 Å². The Hall–Kier alpha value is -1.41. The van der Waals surface area contributed by atoms with Crippen LogP contribution in [0.1, 0.15) is 24.7 Å². The van der Waals surface area contributed by atoms with Crippen molar-refractivity contribution in [3.8, 4) is 0 Å². The minimum absolute atomic E-state index is 0.0302. The largest absolute Gasteiger partial charge is 0.341 e. The van der Waals surface area contributed by atoms with Crippen LogP contribution in [-0.4, -0.2) is 48.6 Å². The molecule has 8 heteroatoms. The topological polar surface area (TPSA) is 95.2 Å². The lowest BCUT2D eigenvalue weighted by molar-refractivity contribution is -0.127. The fourth-order valence-electron chi connectivity index (χ4n) is 2.36. The molecule has 1 aromatic rings. The van der Waals surface area contributed by atoms with E-state index in [4.69, 9.17) is 0 Å². The number of amides is 1. The van der Waals surface area contributed by atoms with Crippen LogP contribution >= 0.6 is 0 Å². The number of likely N-dealkylation sites (tertiary alicyclic amines) is 1. The average Bonchev–Trinajstić information content (AvgIpc) is 2.85. The van der Waals surface area contributed by atoms with Crippen LogP contribution in [0.15, 0.2) is 4.90 Å². The number of nitrogens with one attached hydrogen (secondary N) is 2. The SMILES string of the molecule is CC(=O)N1CCC(NS(=O)(=O)c2c(C)n[nH]c2C)C1. The molecule has 1 unspecified atom stereocenters. The Kier molecular flexibility index (Phi) is 3.64. The first-order valence-electron chi connectivity index (χ1n) is 6.10. The molecule has 2 heterocycles. The summed E-state index contributed by atoms with van der Waals surface area (Å²) in [6.45, 7) is 5.82. The monoisotopic (exact) mass is 286 g/mol. The Morgan fingerprint density at radius 2 is 2.16 bits per heavy atom. The highest BCUT2D eigenvalue weighted by Gasteiger charge is 2.30. The molecule has 7 nitrogen and oxygen atoms in total. The fraction of sp³-hybridized carbons (Fsp3) is 0.636. The van der Waals surface area contributed by atoms with Crippen LogP contribution in [0.25, 0.3) is 0 Å². The Bertz CT molecular complexity index is 574. The van der Waals surface area contributed by atoms with Crippen molar-refractivity contribution < 1.29 is 13.2 Å². The van der Waals surface area contributed by atoms with Gasteiger partial charge in [-0.05, 0) is 20.3 Å². The molecule has 0 spiro atoms. The highest BCUT2D eigenvalue weighted by Crippen LogP contribution is 2.19. The quantitative estimate of drug-likeness (QED) is 0.813. The van der Waals surface area contributed by atoms with E-state index in [1.54, 1.807) is 18.7 Å². The van der Waals surface area contributed by atoms with Crippen molar-refractivity contribution >= 4 is 15.9 Å². The van der Waals surface area contributed by atoms with Gasteiger partial charge in [-0.2, -0.15) is 5.10 Å². The van der Waals surface area contributed by atoms with Gasteiger partial charge in [-0.25, -0.2) is 13.1 Å². The van der Waals surface area contributed by atoms with Gasteiger partial charge >= 0.3 is 0 Å². The minimum atomic E-state index is -3.59. The van der Waals surface area contributed by atoms with E-state index in [0.717, 1.165) is 0 Å². The van der Waals surface area contributed by atoms with Gasteiger partial charge in [-0.15, -0.1) is 0 Å².